The van der Waals surface area contributed by atoms with E-state index in [4.69, 9.17) is 13.9 Å². The van der Waals surface area contributed by atoms with E-state index in [0.29, 0.717) is 6.10 Å². The molecule has 1 aliphatic rings. The molecule has 4 heteroatoms. The number of ether oxygens (including phenoxy) is 2. The molecular formula is C12H13NO3. The molecule has 4 nitrogen and oxygen atoms in total. The number of oxazole rings is 1. The Morgan fingerprint density at radius 2 is 2.19 bits per heavy atom. The van der Waals surface area contributed by atoms with Gasteiger partial charge in [-0.05, 0) is 12.1 Å². The number of fused-ring (bicyclic) bond motifs is 1. The molecule has 0 saturated heterocycles. The van der Waals surface area contributed by atoms with E-state index >= 15 is 0 Å². The van der Waals surface area contributed by atoms with Crippen molar-refractivity contribution in [3.05, 3.63) is 24.6 Å². The average Bonchev–Trinajstić information content (AvgIpc) is 2.69. The lowest BCUT2D eigenvalue weighted by Gasteiger charge is -2.34. The van der Waals surface area contributed by atoms with Gasteiger partial charge in [0.15, 0.2) is 12.0 Å². The van der Waals surface area contributed by atoms with Crippen molar-refractivity contribution in [1.82, 2.24) is 4.98 Å². The number of benzene rings is 1. The Labute approximate surface area is 93.2 Å². The summed E-state index contributed by atoms with van der Waals surface area (Å²) in [6.07, 6.45) is 4.01. The molecule has 0 amide bonds. The monoisotopic (exact) mass is 219 g/mol. The molecule has 0 radical (unpaired) electrons. The summed E-state index contributed by atoms with van der Waals surface area (Å²) in [5.74, 6) is 0.848. The van der Waals surface area contributed by atoms with E-state index < -0.39 is 0 Å². The maximum Gasteiger partial charge on any atom is 0.181 e. The van der Waals surface area contributed by atoms with Gasteiger partial charge in [0, 0.05) is 26.0 Å². The number of hydrogen-bond donors (Lipinski definition) is 0. The molecule has 1 aromatic carbocycles. The van der Waals surface area contributed by atoms with Gasteiger partial charge in [0.05, 0.1) is 6.10 Å². The quantitative estimate of drug-likeness (QED) is 0.795. The third-order valence-corrected chi connectivity index (χ3v) is 2.99. The van der Waals surface area contributed by atoms with Crippen molar-refractivity contribution in [3.63, 3.8) is 0 Å². The molecule has 0 N–H and O–H groups in total. The number of nitrogens with zero attached hydrogens (tertiary/aromatic N) is 1. The normalized spacial score (nSPS) is 24.3. The van der Waals surface area contributed by atoms with Crippen LogP contribution in [-0.4, -0.2) is 24.3 Å². The second-order valence-electron chi connectivity index (χ2n) is 4.05. The maximum atomic E-state index is 5.80. The highest BCUT2D eigenvalue weighted by atomic mass is 16.5. The molecule has 0 aliphatic heterocycles. The van der Waals surface area contributed by atoms with Gasteiger partial charge in [0.1, 0.15) is 17.4 Å². The van der Waals surface area contributed by atoms with Crippen molar-refractivity contribution >= 4 is 11.1 Å². The van der Waals surface area contributed by atoms with Gasteiger partial charge < -0.3 is 13.9 Å². The molecule has 16 heavy (non-hydrogen) atoms. The predicted molar refractivity (Wildman–Crippen MR) is 58.5 cm³/mol. The number of methoxy groups -OCH3 is 1. The van der Waals surface area contributed by atoms with Crippen molar-refractivity contribution in [2.75, 3.05) is 7.11 Å². The molecule has 1 saturated carbocycles. The Morgan fingerprint density at radius 1 is 1.31 bits per heavy atom. The Hall–Kier alpha value is -1.55. The van der Waals surface area contributed by atoms with E-state index in [0.717, 1.165) is 29.7 Å². The van der Waals surface area contributed by atoms with Gasteiger partial charge in [-0.25, -0.2) is 4.98 Å². The Balaban J connectivity index is 1.70. The highest BCUT2D eigenvalue weighted by Gasteiger charge is 2.30. The fourth-order valence-corrected chi connectivity index (χ4v) is 1.91. The Morgan fingerprint density at radius 3 is 3.00 bits per heavy atom. The minimum atomic E-state index is 0.273. The zero-order valence-corrected chi connectivity index (χ0v) is 9.05. The molecule has 84 valence electrons. The van der Waals surface area contributed by atoms with E-state index in [9.17, 15) is 0 Å². The van der Waals surface area contributed by atoms with Crippen molar-refractivity contribution in [2.45, 2.75) is 25.0 Å². The van der Waals surface area contributed by atoms with Crippen LogP contribution < -0.4 is 4.74 Å². The van der Waals surface area contributed by atoms with E-state index in [-0.39, 0.29) is 6.10 Å². The van der Waals surface area contributed by atoms with Crippen LogP contribution in [0.3, 0.4) is 0 Å². The van der Waals surface area contributed by atoms with Crippen LogP contribution in [0, 0.1) is 0 Å². The lowest BCUT2D eigenvalue weighted by molar-refractivity contribution is -0.0380. The first kappa shape index (κ1) is 9.66. The van der Waals surface area contributed by atoms with Crippen LogP contribution in [0.25, 0.3) is 11.1 Å². The van der Waals surface area contributed by atoms with E-state index in [1.807, 2.05) is 18.2 Å². The summed E-state index contributed by atoms with van der Waals surface area (Å²) in [5.41, 5.74) is 1.62. The first-order valence-electron chi connectivity index (χ1n) is 5.38. The van der Waals surface area contributed by atoms with Crippen molar-refractivity contribution in [2.24, 2.45) is 0 Å². The van der Waals surface area contributed by atoms with E-state index in [1.165, 1.54) is 6.39 Å². The van der Waals surface area contributed by atoms with E-state index in [2.05, 4.69) is 4.98 Å². The zero-order valence-electron chi connectivity index (χ0n) is 9.05. The fourth-order valence-electron chi connectivity index (χ4n) is 1.91. The van der Waals surface area contributed by atoms with Gasteiger partial charge in [-0.2, -0.15) is 0 Å². The van der Waals surface area contributed by atoms with Gasteiger partial charge in [-0.3, -0.25) is 0 Å². The van der Waals surface area contributed by atoms with Gasteiger partial charge >= 0.3 is 0 Å². The van der Waals surface area contributed by atoms with Gasteiger partial charge in [-0.15, -0.1) is 0 Å². The molecule has 1 aromatic heterocycles. The number of aromatic nitrogens is 1. The lowest BCUT2D eigenvalue weighted by atomic mass is 9.92. The average molecular weight is 219 g/mol. The highest BCUT2D eigenvalue weighted by Crippen LogP contribution is 2.29. The molecule has 1 aliphatic carbocycles. The summed E-state index contributed by atoms with van der Waals surface area (Å²) in [6.45, 7) is 0. The van der Waals surface area contributed by atoms with E-state index in [1.54, 1.807) is 7.11 Å². The fraction of sp³-hybridized carbons (Fsp3) is 0.417. The van der Waals surface area contributed by atoms with Gasteiger partial charge in [0.25, 0.3) is 0 Å². The predicted octanol–water partition coefficient (Wildman–Crippen LogP) is 2.38. The molecule has 0 atom stereocenters. The van der Waals surface area contributed by atoms with Crippen molar-refractivity contribution in [1.29, 1.82) is 0 Å². The molecule has 2 aromatic rings. The molecule has 0 unspecified atom stereocenters. The second-order valence-corrected chi connectivity index (χ2v) is 4.05. The Kier molecular flexibility index (Phi) is 2.29. The maximum absolute atomic E-state index is 5.80. The molecule has 0 bridgehead atoms. The lowest BCUT2D eigenvalue weighted by Crippen LogP contribution is -2.38. The largest absolute Gasteiger partial charge is 0.490 e. The first-order chi connectivity index (χ1) is 7.85. The van der Waals surface area contributed by atoms with Crippen molar-refractivity contribution < 1.29 is 13.9 Å². The second kappa shape index (κ2) is 3.79. The summed E-state index contributed by atoms with van der Waals surface area (Å²) in [5, 5.41) is 0. The SMILES string of the molecule is CO[C@H]1C[C@@H](Oc2ccc3ocnc3c2)C1. The Bertz CT molecular complexity index is 488. The molecular weight excluding hydrogens is 206 g/mol. The van der Waals surface area contributed by atoms with Gasteiger partial charge in [-0.1, -0.05) is 0 Å². The van der Waals surface area contributed by atoms with Gasteiger partial charge in [0.2, 0.25) is 0 Å². The summed E-state index contributed by atoms with van der Waals surface area (Å²) in [7, 11) is 1.74. The van der Waals surface area contributed by atoms with Crippen LogP contribution in [0.15, 0.2) is 29.0 Å². The van der Waals surface area contributed by atoms with Crippen LogP contribution in [0.2, 0.25) is 0 Å². The third kappa shape index (κ3) is 1.65. The molecule has 3 rings (SSSR count). The molecule has 0 spiro atoms. The van der Waals surface area contributed by atoms with Crippen LogP contribution in [0.1, 0.15) is 12.8 Å². The smallest absolute Gasteiger partial charge is 0.181 e. The minimum absolute atomic E-state index is 0.273. The summed E-state index contributed by atoms with van der Waals surface area (Å²) in [4.78, 5) is 4.09. The summed E-state index contributed by atoms with van der Waals surface area (Å²) < 4.78 is 16.2. The third-order valence-electron chi connectivity index (χ3n) is 2.99. The molecule has 1 heterocycles. The first-order valence-corrected chi connectivity index (χ1v) is 5.38. The highest BCUT2D eigenvalue weighted by molar-refractivity contribution is 5.73. The topological polar surface area (TPSA) is 44.5 Å². The van der Waals surface area contributed by atoms with Crippen LogP contribution in [-0.2, 0) is 4.74 Å². The number of hydrogen-bond acceptors (Lipinski definition) is 4. The number of rotatable bonds is 3. The molecule has 1 fully saturated rings. The van der Waals surface area contributed by atoms with Crippen LogP contribution in [0.5, 0.6) is 5.75 Å². The standard InChI is InChI=1S/C12H13NO3/c1-14-9-4-10(5-9)16-8-2-3-12-11(6-8)13-7-15-12/h2-3,6-7,9-10H,4-5H2,1H3/t9-,10+. The minimum Gasteiger partial charge on any atom is -0.490 e. The summed E-state index contributed by atoms with van der Waals surface area (Å²) in [6, 6.07) is 5.69. The van der Waals surface area contributed by atoms with Crippen LogP contribution in [0.4, 0.5) is 0 Å². The van der Waals surface area contributed by atoms with Crippen LogP contribution >= 0.6 is 0 Å². The summed E-state index contributed by atoms with van der Waals surface area (Å²) >= 11 is 0. The van der Waals surface area contributed by atoms with Crippen molar-refractivity contribution in [3.8, 4) is 5.75 Å². The zero-order chi connectivity index (χ0) is 11.0.